The first kappa shape index (κ1) is 33.5. The molecule has 0 aliphatic heterocycles. The van der Waals surface area contributed by atoms with Crippen molar-refractivity contribution in [2.75, 3.05) is 4.90 Å². The summed E-state index contributed by atoms with van der Waals surface area (Å²) in [5.41, 5.74) is 18.4. The monoisotopic (exact) mass is 715 g/mol. The number of fused-ring (bicyclic) bond motifs is 4. The molecule has 0 saturated heterocycles. The van der Waals surface area contributed by atoms with Crippen LogP contribution in [0.3, 0.4) is 0 Å². The molecule has 55 heavy (non-hydrogen) atoms. The minimum absolute atomic E-state index is 0.125. The second-order valence-electron chi connectivity index (χ2n) is 19.3. The Morgan fingerprint density at radius 3 is 1.47 bits per heavy atom. The van der Waals surface area contributed by atoms with E-state index in [1.807, 2.05) is 0 Å². The van der Waals surface area contributed by atoms with Gasteiger partial charge >= 0.3 is 0 Å². The van der Waals surface area contributed by atoms with E-state index in [1.165, 1.54) is 107 Å². The van der Waals surface area contributed by atoms with Gasteiger partial charge in [0.05, 0.1) is 0 Å². The van der Waals surface area contributed by atoms with Crippen molar-refractivity contribution in [2.45, 2.75) is 88.9 Å². The summed E-state index contributed by atoms with van der Waals surface area (Å²) in [5.74, 6) is 3.34. The van der Waals surface area contributed by atoms with Gasteiger partial charge in [-0.05, 0) is 178 Å². The Morgan fingerprint density at radius 2 is 0.855 bits per heavy atom. The van der Waals surface area contributed by atoms with Gasteiger partial charge in [0, 0.05) is 22.5 Å². The molecule has 1 nitrogen and oxygen atoms in total. The van der Waals surface area contributed by atoms with Crippen LogP contribution < -0.4 is 4.90 Å². The van der Waals surface area contributed by atoms with Gasteiger partial charge in [-0.3, -0.25) is 0 Å². The molecule has 4 saturated carbocycles. The van der Waals surface area contributed by atoms with Crippen molar-refractivity contribution >= 4 is 17.1 Å². The summed E-state index contributed by atoms with van der Waals surface area (Å²) < 4.78 is 0. The summed E-state index contributed by atoms with van der Waals surface area (Å²) in [6.45, 7) is 9.76. The standard InChI is InChI=1S/C54H53N/c1-52(2)25-26-53(3,4)51-34-45(21-24-50(51)52)55(43-18-15-39(16-19-43)37-11-7-5-8-12-37)44-20-23-49-47(33-44)46-32-40(38-13-9-6-10-14-38)17-22-48(46)54(49)41-28-35-27-36(30-41)31-42(54)29-35/h5-24,32-36,41-42H,25-31H2,1-4H3. The Bertz CT molecular complexity index is 2400. The highest BCUT2D eigenvalue weighted by atomic mass is 15.1. The molecule has 1 spiro atoms. The van der Waals surface area contributed by atoms with E-state index in [2.05, 4.69) is 172 Å². The van der Waals surface area contributed by atoms with Crippen LogP contribution in [0.4, 0.5) is 17.1 Å². The molecule has 1 heteroatoms. The zero-order valence-corrected chi connectivity index (χ0v) is 33.0. The lowest BCUT2D eigenvalue weighted by molar-refractivity contribution is -0.0399. The van der Waals surface area contributed by atoms with Crippen LogP contribution in [0.15, 0.2) is 140 Å². The van der Waals surface area contributed by atoms with Gasteiger partial charge < -0.3 is 4.90 Å². The molecule has 0 N–H and O–H groups in total. The Kier molecular flexibility index (Phi) is 7.34. The topological polar surface area (TPSA) is 3.24 Å². The van der Waals surface area contributed by atoms with E-state index >= 15 is 0 Å². The zero-order valence-electron chi connectivity index (χ0n) is 33.0. The maximum atomic E-state index is 2.59. The van der Waals surface area contributed by atoms with Gasteiger partial charge in [0.15, 0.2) is 0 Å². The Morgan fingerprint density at radius 1 is 0.400 bits per heavy atom. The van der Waals surface area contributed by atoms with Gasteiger partial charge in [0.25, 0.3) is 0 Å². The lowest BCUT2D eigenvalue weighted by Gasteiger charge is -2.61. The third kappa shape index (κ3) is 5.04. The van der Waals surface area contributed by atoms with E-state index in [0.29, 0.717) is 0 Å². The predicted octanol–water partition coefficient (Wildman–Crippen LogP) is 14.6. The second-order valence-corrected chi connectivity index (χ2v) is 19.3. The van der Waals surface area contributed by atoms with E-state index in [-0.39, 0.29) is 16.2 Å². The van der Waals surface area contributed by atoms with Gasteiger partial charge in [-0.25, -0.2) is 0 Å². The number of nitrogens with zero attached hydrogens (tertiary/aromatic N) is 1. The van der Waals surface area contributed by atoms with Crippen molar-refractivity contribution in [3.05, 3.63) is 162 Å². The summed E-state index contributed by atoms with van der Waals surface area (Å²) in [6, 6.07) is 53.7. The minimum atomic E-state index is 0.125. The number of rotatable bonds is 5. The molecule has 4 bridgehead atoms. The van der Waals surface area contributed by atoms with Gasteiger partial charge in [-0.2, -0.15) is 0 Å². The van der Waals surface area contributed by atoms with Crippen LogP contribution in [0.5, 0.6) is 0 Å². The van der Waals surface area contributed by atoms with Crippen LogP contribution in [0.1, 0.15) is 94.9 Å². The fraction of sp³-hybridized carbons (Fsp3) is 0.333. The molecule has 0 atom stereocenters. The van der Waals surface area contributed by atoms with E-state index in [4.69, 9.17) is 0 Å². The molecule has 6 aliphatic rings. The third-order valence-electron chi connectivity index (χ3n) is 15.3. The average molecular weight is 716 g/mol. The SMILES string of the molecule is CC1(C)CCC(C)(C)c2cc(N(c3ccc(-c4ccccc4)cc3)c3ccc4c(c3)-c3cc(-c5ccccc5)ccc3C43C4CC5CC(C4)CC3C5)ccc21. The maximum absolute atomic E-state index is 2.59. The molecule has 0 amide bonds. The molecule has 6 aliphatic carbocycles. The largest absolute Gasteiger partial charge is 0.310 e. The van der Waals surface area contributed by atoms with Crippen molar-refractivity contribution in [3.8, 4) is 33.4 Å². The summed E-state index contributed by atoms with van der Waals surface area (Å²) in [5, 5.41) is 0. The van der Waals surface area contributed by atoms with Gasteiger partial charge in [-0.15, -0.1) is 0 Å². The highest BCUT2D eigenvalue weighted by Crippen LogP contribution is 2.70. The predicted molar refractivity (Wildman–Crippen MR) is 231 cm³/mol. The van der Waals surface area contributed by atoms with Crippen LogP contribution in [0.2, 0.25) is 0 Å². The fourth-order valence-electron chi connectivity index (χ4n) is 12.7. The van der Waals surface area contributed by atoms with Gasteiger partial charge in [-0.1, -0.05) is 125 Å². The highest BCUT2D eigenvalue weighted by molar-refractivity contribution is 5.90. The molecule has 0 unspecified atom stereocenters. The van der Waals surface area contributed by atoms with E-state index in [1.54, 1.807) is 11.1 Å². The molecular weight excluding hydrogens is 663 g/mol. The molecular formula is C54H53N. The fourth-order valence-corrected chi connectivity index (χ4v) is 12.7. The van der Waals surface area contributed by atoms with Crippen LogP contribution in [0, 0.1) is 23.7 Å². The van der Waals surface area contributed by atoms with Crippen molar-refractivity contribution in [2.24, 2.45) is 23.7 Å². The van der Waals surface area contributed by atoms with Gasteiger partial charge in [0.1, 0.15) is 0 Å². The van der Waals surface area contributed by atoms with E-state index in [0.717, 1.165) is 23.7 Å². The van der Waals surface area contributed by atoms with Crippen molar-refractivity contribution in [1.29, 1.82) is 0 Å². The molecule has 0 heterocycles. The first-order valence-electron chi connectivity index (χ1n) is 21.1. The summed E-state index contributed by atoms with van der Waals surface area (Å²) >= 11 is 0. The number of anilines is 3. The Balaban J connectivity index is 1.11. The van der Waals surface area contributed by atoms with Crippen LogP contribution >= 0.6 is 0 Å². The molecule has 274 valence electrons. The normalized spacial score (nSPS) is 26.0. The molecule has 0 radical (unpaired) electrons. The van der Waals surface area contributed by atoms with Crippen molar-refractivity contribution in [3.63, 3.8) is 0 Å². The Labute approximate surface area is 328 Å². The van der Waals surface area contributed by atoms with E-state index in [9.17, 15) is 0 Å². The second kappa shape index (κ2) is 12.1. The van der Waals surface area contributed by atoms with E-state index < -0.39 is 0 Å². The first-order valence-corrected chi connectivity index (χ1v) is 21.1. The number of benzene rings is 6. The van der Waals surface area contributed by atoms with Crippen LogP contribution in [-0.4, -0.2) is 0 Å². The van der Waals surface area contributed by atoms with Crippen LogP contribution in [0.25, 0.3) is 33.4 Å². The maximum Gasteiger partial charge on any atom is 0.0468 e. The van der Waals surface area contributed by atoms with Gasteiger partial charge in [0.2, 0.25) is 0 Å². The summed E-state index contributed by atoms with van der Waals surface area (Å²) in [6.07, 6.45) is 9.49. The number of hydrogen-bond donors (Lipinski definition) is 0. The highest BCUT2D eigenvalue weighted by Gasteiger charge is 2.61. The third-order valence-corrected chi connectivity index (χ3v) is 15.3. The molecule has 12 rings (SSSR count). The molecule has 6 aromatic rings. The van der Waals surface area contributed by atoms with Crippen LogP contribution in [-0.2, 0) is 16.2 Å². The Hall–Kier alpha value is -4.88. The smallest absolute Gasteiger partial charge is 0.0468 e. The lowest BCUT2D eigenvalue weighted by atomic mass is 9.43. The minimum Gasteiger partial charge on any atom is -0.310 e. The quantitative estimate of drug-likeness (QED) is 0.172. The van der Waals surface area contributed by atoms with Crippen molar-refractivity contribution < 1.29 is 0 Å². The summed E-state index contributed by atoms with van der Waals surface area (Å²) in [4.78, 5) is 2.55. The number of hydrogen-bond acceptors (Lipinski definition) is 1. The molecule has 4 fully saturated rings. The average Bonchev–Trinajstić information content (AvgIpc) is 3.49. The lowest BCUT2D eigenvalue weighted by Crippen LogP contribution is -2.55. The molecule has 0 aromatic heterocycles. The molecule has 6 aromatic carbocycles. The van der Waals surface area contributed by atoms with Crippen molar-refractivity contribution in [1.82, 2.24) is 0 Å². The summed E-state index contributed by atoms with van der Waals surface area (Å²) in [7, 11) is 0. The first-order chi connectivity index (χ1) is 26.7. The zero-order chi connectivity index (χ0) is 37.1.